The van der Waals surface area contributed by atoms with E-state index >= 15 is 0 Å². The number of hydrogen-bond acceptors (Lipinski definition) is 2. The van der Waals surface area contributed by atoms with Gasteiger partial charge in [0, 0.05) is 0 Å². The van der Waals surface area contributed by atoms with Gasteiger partial charge in [-0.3, -0.25) is 0 Å². The SMILES string of the molecule is CCC(OC(=O)c1ccccc1-c1ccc(C)cc1C)C(C)C. The molecule has 122 valence electrons. The highest BCUT2D eigenvalue weighted by Gasteiger charge is 2.20. The van der Waals surface area contributed by atoms with Crippen LogP contribution in [0.2, 0.25) is 0 Å². The van der Waals surface area contributed by atoms with Gasteiger partial charge in [-0.1, -0.05) is 62.7 Å². The van der Waals surface area contributed by atoms with E-state index in [4.69, 9.17) is 4.74 Å². The van der Waals surface area contributed by atoms with Gasteiger partial charge < -0.3 is 4.74 Å². The first kappa shape index (κ1) is 17.3. The van der Waals surface area contributed by atoms with Crippen molar-refractivity contribution in [3.63, 3.8) is 0 Å². The van der Waals surface area contributed by atoms with E-state index < -0.39 is 0 Å². The molecule has 23 heavy (non-hydrogen) atoms. The molecule has 0 radical (unpaired) electrons. The minimum absolute atomic E-state index is 0.0466. The normalized spacial score (nSPS) is 12.3. The van der Waals surface area contributed by atoms with Crippen molar-refractivity contribution in [1.82, 2.24) is 0 Å². The fourth-order valence-corrected chi connectivity index (χ4v) is 2.90. The monoisotopic (exact) mass is 310 g/mol. The van der Waals surface area contributed by atoms with Gasteiger partial charge in [-0.15, -0.1) is 0 Å². The van der Waals surface area contributed by atoms with E-state index in [0.717, 1.165) is 17.5 Å². The molecule has 2 heteroatoms. The van der Waals surface area contributed by atoms with Gasteiger partial charge >= 0.3 is 5.97 Å². The predicted octanol–water partition coefficient (Wildman–Crippen LogP) is 5.56. The first-order valence-corrected chi connectivity index (χ1v) is 8.31. The first-order valence-electron chi connectivity index (χ1n) is 8.31. The Labute approximate surface area is 139 Å². The molecular weight excluding hydrogens is 284 g/mol. The van der Waals surface area contributed by atoms with E-state index in [0.29, 0.717) is 11.5 Å². The number of rotatable bonds is 5. The molecular formula is C21H26O2. The van der Waals surface area contributed by atoms with Crippen LogP contribution in [0.15, 0.2) is 42.5 Å². The van der Waals surface area contributed by atoms with E-state index in [1.54, 1.807) is 0 Å². The summed E-state index contributed by atoms with van der Waals surface area (Å²) >= 11 is 0. The lowest BCUT2D eigenvalue weighted by molar-refractivity contribution is 0.0174. The van der Waals surface area contributed by atoms with E-state index in [2.05, 4.69) is 45.9 Å². The van der Waals surface area contributed by atoms with Gasteiger partial charge in [0.25, 0.3) is 0 Å². The summed E-state index contributed by atoms with van der Waals surface area (Å²) < 4.78 is 5.73. The summed E-state index contributed by atoms with van der Waals surface area (Å²) in [6.07, 6.45) is 0.782. The molecule has 0 aliphatic heterocycles. The minimum atomic E-state index is -0.235. The summed E-state index contributed by atoms with van der Waals surface area (Å²) in [4.78, 5) is 12.7. The highest BCUT2D eigenvalue weighted by atomic mass is 16.5. The van der Waals surface area contributed by atoms with E-state index in [1.807, 2.05) is 31.2 Å². The van der Waals surface area contributed by atoms with Crippen molar-refractivity contribution >= 4 is 5.97 Å². The topological polar surface area (TPSA) is 26.3 Å². The second-order valence-electron chi connectivity index (χ2n) is 6.46. The standard InChI is InChI=1S/C21H26O2/c1-6-20(14(2)3)23-21(22)19-10-8-7-9-18(19)17-12-11-15(4)13-16(17)5/h7-14,20H,6H2,1-5H3. The largest absolute Gasteiger partial charge is 0.459 e. The van der Waals surface area contributed by atoms with Crippen LogP contribution in [-0.2, 0) is 4.74 Å². The lowest BCUT2D eigenvalue weighted by Crippen LogP contribution is -2.23. The average Bonchev–Trinajstić information content (AvgIpc) is 2.52. The molecule has 2 aromatic rings. The Morgan fingerprint density at radius 2 is 1.74 bits per heavy atom. The third-order valence-corrected chi connectivity index (χ3v) is 4.22. The minimum Gasteiger partial charge on any atom is -0.459 e. The highest BCUT2D eigenvalue weighted by Crippen LogP contribution is 2.28. The lowest BCUT2D eigenvalue weighted by atomic mass is 9.94. The first-order chi connectivity index (χ1) is 10.9. The quantitative estimate of drug-likeness (QED) is 0.676. The molecule has 0 N–H and O–H groups in total. The Bertz CT molecular complexity index is 686. The van der Waals surface area contributed by atoms with Gasteiger partial charge in [-0.05, 0) is 48.9 Å². The number of carbonyl (C=O) groups is 1. The molecule has 1 atom stereocenters. The summed E-state index contributed by atoms with van der Waals surface area (Å²) in [6, 6.07) is 14.0. The number of hydrogen-bond donors (Lipinski definition) is 0. The molecule has 0 fully saturated rings. The smallest absolute Gasteiger partial charge is 0.339 e. The van der Waals surface area contributed by atoms with Crippen molar-refractivity contribution in [2.75, 3.05) is 0 Å². The molecule has 0 aliphatic rings. The Hall–Kier alpha value is -2.09. The van der Waals surface area contributed by atoms with Gasteiger partial charge in [-0.2, -0.15) is 0 Å². The number of carbonyl (C=O) groups excluding carboxylic acids is 1. The van der Waals surface area contributed by atoms with Crippen molar-refractivity contribution in [3.05, 3.63) is 59.2 Å². The van der Waals surface area contributed by atoms with Crippen LogP contribution in [0.4, 0.5) is 0 Å². The molecule has 0 aromatic heterocycles. The molecule has 2 aromatic carbocycles. The molecule has 0 spiro atoms. The van der Waals surface area contributed by atoms with E-state index in [9.17, 15) is 4.79 Å². The summed E-state index contributed by atoms with van der Waals surface area (Å²) in [5, 5.41) is 0. The molecule has 2 rings (SSSR count). The Morgan fingerprint density at radius 3 is 2.35 bits per heavy atom. The zero-order valence-electron chi connectivity index (χ0n) is 14.7. The zero-order valence-corrected chi connectivity index (χ0v) is 14.7. The number of benzene rings is 2. The molecule has 0 amide bonds. The van der Waals surface area contributed by atoms with Gasteiger partial charge in [0.2, 0.25) is 0 Å². The lowest BCUT2D eigenvalue weighted by Gasteiger charge is -2.21. The molecule has 0 bridgehead atoms. The van der Waals surface area contributed by atoms with Crippen LogP contribution in [0.3, 0.4) is 0 Å². The number of aryl methyl sites for hydroxylation is 2. The maximum atomic E-state index is 12.7. The molecule has 1 unspecified atom stereocenters. The predicted molar refractivity (Wildman–Crippen MR) is 95.7 cm³/mol. The third-order valence-electron chi connectivity index (χ3n) is 4.22. The Balaban J connectivity index is 2.39. The van der Waals surface area contributed by atoms with E-state index in [1.165, 1.54) is 11.1 Å². The molecule has 0 aliphatic carbocycles. The second kappa shape index (κ2) is 7.45. The molecule has 0 saturated heterocycles. The summed E-state index contributed by atoms with van der Waals surface area (Å²) in [6.45, 7) is 10.4. The maximum Gasteiger partial charge on any atom is 0.339 e. The van der Waals surface area contributed by atoms with Gasteiger partial charge in [-0.25, -0.2) is 4.79 Å². The van der Waals surface area contributed by atoms with Crippen molar-refractivity contribution in [1.29, 1.82) is 0 Å². The van der Waals surface area contributed by atoms with Crippen LogP contribution in [0, 0.1) is 19.8 Å². The van der Waals surface area contributed by atoms with Crippen molar-refractivity contribution in [2.24, 2.45) is 5.92 Å². The fraction of sp³-hybridized carbons (Fsp3) is 0.381. The van der Waals surface area contributed by atoms with Crippen molar-refractivity contribution < 1.29 is 9.53 Å². The van der Waals surface area contributed by atoms with Crippen molar-refractivity contribution in [3.8, 4) is 11.1 Å². The molecule has 0 saturated carbocycles. The molecule has 2 nitrogen and oxygen atoms in total. The van der Waals surface area contributed by atoms with Gasteiger partial charge in [0.1, 0.15) is 6.10 Å². The Kier molecular flexibility index (Phi) is 5.59. The number of esters is 1. The second-order valence-corrected chi connectivity index (χ2v) is 6.46. The highest BCUT2D eigenvalue weighted by molar-refractivity contribution is 5.97. The van der Waals surface area contributed by atoms with Crippen LogP contribution < -0.4 is 0 Å². The summed E-state index contributed by atoms with van der Waals surface area (Å²) in [7, 11) is 0. The van der Waals surface area contributed by atoms with Crippen LogP contribution in [0.1, 0.15) is 48.7 Å². The fourth-order valence-electron chi connectivity index (χ4n) is 2.90. The zero-order chi connectivity index (χ0) is 17.0. The molecule has 0 heterocycles. The average molecular weight is 310 g/mol. The van der Waals surface area contributed by atoms with E-state index in [-0.39, 0.29) is 12.1 Å². The maximum absolute atomic E-state index is 12.7. The van der Waals surface area contributed by atoms with Gasteiger partial charge in [0.05, 0.1) is 5.56 Å². The van der Waals surface area contributed by atoms with Gasteiger partial charge in [0.15, 0.2) is 0 Å². The van der Waals surface area contributed by atoms with Crippen molar-refractivity contribution in [2.45, 2.75) is 47.1 Å². The Morgan fingerprint density at radius 1 is 1.04 bits per heavy atom. The third kappa shape index (κ3) is 4.01. The summed E-state index contributed by atoms with van der Waals surface area (Å²) in [5.74, 6) is 0.0818. The van der Waals surface area contributed by atoms with Crippen LogP contribution in [0.25, 0.3) is 11.1 Å². The van der Waals surface area contributed by atoms with Crippen LogP contribution in [0.5, 0.6) is 0 Å². The van der Waals surface area contributed by atoms with Crippen LogP contribution in [-0.4, -0.2) is 12.1 Å². The number of ether oxygens (including phenoxy) is 1. The van der Waals surface area contributed by atoms with Crippen LogP contribution >= 0.6 is 0 Å². The summed E-state index contributed by atoms with van der Waals surface area (Å²) in [5.41, 5.74) is 5.05.